The van der Waals surface area contributed by atoms with Crippen molar-refractivity contribution in [1.82, 2.24) is 10.6 Å². The molecule has 0 saturated heterocycles. The summed E-state index contributed by atoms with van der Waals surface area (Å²) in [6.07, 6.45) is -0.421. The molecule has 0 fully saturated rings. The lowest BCUT2D eigenvalue weighted by Crippen LogP contribution is -2.48. The number of amides is 1. The summed E-state index contributed by atoms with van der Waals surface area (Å²) < 4.78 is 5.12. The lowest BCUT2D eigenvalue weighted by Gasteiger charge is -2.23. The maximum Gasteiger partial charge on any atom is 0.407 e. The number of carbonyl (C=O) groups excluding carboxylic acids is 1. The maximum atomic E-state index is 11.4. The van der Waals surface area contributed by atoms with E-state index in [9.17, 15) is 4.79 Å². The first-order valence-electron chi connectivity index (χ1n) is 5.29. The van der Waals surface area contributed by atoms with Gasteiger partial charge in [-0.1, -0.05) is 6.92 Å². The number of hydrogen-bond acceptors (Lipinski definition) is 4. The van der Waals surface area contributed by atoms with Crippen molar-refractivity contribution in [3.8, 4) is 0 Å². The van der Waals surface area contributed by atoms with Crippen LogP contribution in [0.15, 0.2) is 0 Å². The van der Waals surface area contributed by atoms with E-state index >= 15 is 0 Å². The Hall–Kier alpha value is -0.810. The smallest absolute Gasteiger partial charge is 0.407 e. The summed E-state index contributed by atoms with van der Waals surface area (Å²) in [6.45, 7) is 9.39. The molecule has 1 amide bonds. The molecule has 0 aromatic rings. The van der Waals surface area contributed by atoms with Gasteiger partial charge in [-0.3, -0.25) is 0 Å². The van der Waals surface area contributed by atoms with Gasteiger partial charge >= 0.3 is 6.09 Å². The second-order valence-corrected chi connectivity index (χ2v) is 4.39. The summed E-state index contributed by atoms with van der Waals surface area (Å²) in [5, 5.41) is 5.83. The predicted octanol–water partition coefficient (Wildman–Crippen LogP) is 0.448. The van der Waals surface area contributed by atoms with E-state index in [0.29, 0.717) is 13.1 Å². The molecule has 1 atom stereocenters. The van der Waals surface area contributed by atoms with E-state index < -0.39 is 11.7 Å². The van der Waals surface area contributed by atoms with Crippen LogP contribution in [0.3, 0.4) is 0 Å². The lowest BCUT2D eigenvalue weighted by molar-refractivity contribution is 0.0506. The minimum absolute atomic E-state index is 0.0835. The van der Waals surface area contributed by atoms with Gasteiger partial charge < -0.3 is 21.1 Å². The number of ether oxygens (including phenoxy) is 1. The van der Waals surface area contributed by atoms with Gasteiger partial charge in [0, 0.05) is 13.1 Å². The molecule has 5 nitrogen and oxygen atoms in total. The molecule has 1 unspecified atom stereocenters. The molecule has 0 aromatic carbocycles. The van der Waals surface area contributed by atoms with E-state index in [4.69, 9.17) is 10.5 Å². The van der Waals surface area contributed by atoms with Crippen LogP contribution in [0.2, 0.25) is 0 Å². The lowest BCUT2D eigenvalue weighted by atomic mass is 10.2. The minimum Gasteiger partial charge on any atom is -0.444 e. The average molecular weight is 217 g/mol. The van der Waals surface area contributed by atoms with Crippen molar-refractivity contribution in [3.05, 3.63) is 0 Å². The fraction of sp³-hybridized carbons (Fsp3) is 0.900. The van der Waals surface area contributed by atoms with Crippen LogP contribution in [0.5, 0.6) is 0 Å². The predicted molar refractivity (Wildman–Crippen MR) is 60.8 cm³/mol. The summed E-state index contributed by atoms with van der Waals surface area (Å²) in [4.78, 5) is 11.4. The first kappa shape index (κ1) is 14.2. The highest BCUT2D eigenvalue weighted by Crippen LogP contribution is 2.06. The number of likely N-dealkylation sites (N-methyl/N-ethyl adjacent to an activating group) is 1. The second-order valence-electron chi connectivity index (χ2n) is 4.39. The van der Waals surface area contributed by atoms with E-state index in [1.807, 2.05) is 27.7 Å². The van der Waals surface area contributed by atoms with Crippen molar-refractivity contribution in [3.63, 3.8) is 0 Å². The van der Waals surface area contributed by atoms with E-state index in [0.717, 1.165) is 6.54 Å². The molecule has 0 bridgehead atoms. The molecule has 0 saturated carbocycles. The third-order valence-corrected chi connectivity index (χ3v) is 1.65. The van der Waals surface area contributed by atoms with Crippen molar-refractivity contribution in [2.45, 2.75) is 39.3 Å². The molecule has 15 heavy (non-hydrogen) atoms. The monoisotopic (exact) mass is 217 g/mol. The molecule has 0 aliphatic carbocycles. The second kappa shape index (κ2) is 6.63. The molecular formula is C10H23N3O2. The first-order chi connectivity index (χ1) is 6.89. The fourth-order valence-corrected chi connectivity index (χ4v) is 0.986. The standard InChI is InChI=1S/C10H23N3O2/c1-5-12-7-8(6-11)13-9(14)15-10(2,3)4/h8,12H,5-7,11H2,1-4H3,(H,13,14). The molecule has 0 rings (SSSR count). The Kier molecular flexibility index (Phi) is 6.27. The van der Waals surface area contributed by atoms with E-state index in [1.54, 1.807) is 0 Å². The van der Waals surface area contributed by atoms with Crippen LogP contribution in [0.4, 0.5) is 4.79 Å². The Balaban J connectivity index is 3.91. The van der Waals surface area contributed by atoms with Crippen LogP contribution >= 0.6 is 0 Å². The first-order valence-corrected chi connectivity index (χ1v) is 5.29. The van der Waals surface area contributed by atoms with Gasteiger partial charge in [-0.15, -0.1) is 0 Å². The fourth-order valence-electron chi connectivity index (χ4n) is 0.986. The van der Waals surface area contributed by atoms with Gasteiger partial charge in [0.15, 0.2) is 0 Å². The normalized spacial score (nSPS) is 13.4. The van der Waals surface area contributed by atoms with Crippen molar-refractivity contribution >= 4 is 6.09 Å². The number of alkyl carbamates (subject to hydrolysis) is 1. The Morgan fingerprint density at radius 1 is 1.47 bits per heavy atom. The zero-order chi connectivity index (χ0) is 11.9. The molecule has 4 N–H and O–H groups in total. The zero-order valence-electron chi connectivity index (χ0n) is 10.1. The zero-order valence-corrected chi connectivity index (χ0v) is 10.1. The van der Waals surface area contributed by atoms with Gasteiger partial charge in [0.1, 0.15) is 5.60 Å². The van der Waals surface area contributed by atoms with Crippen molar-refractivity contribution < 1.29 is 9.53 Å². The number of nitrogens with one attached hydrogen (secondary N) is 2. The van der Waals surface area contributed by atoms with Crippen LogP contribution < -0.4 is 16.4 Å². The number of carbonyl (C=O) groups is 1. The van der Waals surface area contributed by atoms with E-state index in [1.165, 1.54) is 0 Å². The highest BCUT2D eigenvalue weighted by molar-refractivity contribution is 5.68. The topological polar surface area (TPSA) is 76.4 Å². The van der Waals surface area contributed by atoms with Crippen LogP contribution in [-0.2, 0) is 4.74 Å². The highest BCUT2D eigenvalue weighted by Gasteiger charge is 2.18. The third-order valence-electron chi connectivity index (χ3n) is 1.65. The largest absolute Gasteiger partial charge is 0.444 e. The molecule has 0 aromatic heterocycles. The van der Waals surface area contributed by atoms with Gasteiger partial charge in [-0.25, -0.2) is 4.79 Å². The average Bonchev–Trinajstić information content (AvgIpc) is 2.09. The van der Waals surface area contributed by atoms with Crippen LogP contribution in [0.1, 0.15) is 27.7 Å². The maximum absolute atomic E-state index is 11.4. The highest BCUT2D eigenvalue weighted by atomic mass is 16.6. The Bertz CT molecular complexity index is 190. The molecule has 0 aliphatic rings. The van der Waals surface area contributed by atoms with Gasteiger partial charge in [0.25, 0.3) is 0 Å². The Morgan fingerprint density at radius 3 is 2.47 bits per heavy atom. The molecule has 0 heterocycles. The Labute approximate surface area is 91.7 Å². The summed E-state index contributed by atoms with van der Waals surface area (Å²) in [7, 11) is 0. The minimum atomic E-state index is -0.471. The quantitative estimate of drug-likeness (QED) is 0.625. The summed E-state index contributed by atoms with van der Waals surface area (Å²) in [5.41, 5.74) is 5.04. The molecular weight excluding hydrogens is 194 g/mol. The molecule has 90 valence electrons. The molecule has 0 spiro atoms. The summed E-state index contributed by atoms with van der Waals surface area (Å²) in [6, 6.07) is -0.0835. The number of hydrogen-bond donors (Lipinski definition) is 3. The van der Waals surface area contributed by atoms with Crippen LogP contribution in [0, 0.1) is 0 Å². The third kappa shape index (κ3) is 8.20. The van der Waals surface area contributed by atoms with E-state index in [2.05, 4.69) is 10.6 Å². The van der Waals surface area contributed by atoms with Crippen LogP contribution in [-0.4, -0.2) is 37.4 Å². The molecule has 0 radical (unpaired) electrons. The SMILES string of the molecule is CCNCC(CN)NC(=O)OC(C)(C)C. The van der Waals surface area contributed by atoms with Crippen molar-refractivity contribution in [1.29, 1.82) is 0 Å². The van der Waals surface area contributed by atoms with Gasteiger partial charge in [-0.05, 0) is 27.3 Å². The number of nitrogens with two attached hydrogens (primary N) is 1. The van der Waals surface area contributed by atoms with Gasteiger partial charge in [0.05, 0.1) is 6.04 Å². The number of rotatable bonds is 5. The summed E-state index contributed by atoms with van der Waals surface area (Å²) in [5.74, 6) is 0. The van der Waals surface area contributed by atoms with Gasteiger partial charge in [-0.2, -0.15) is 0 Å². The van der Waals surface area contributed by atoms with Crippen molar-refractivity contribution in [2.75, 3.05) is 19.6 Å². The molecule has 5 heteroatoms. The summed E-state index contributed by atoms with van der Waals surface area (Å²) >= 11 is 0. The van der Waals surface area contributed by atoms with Crippen LogP contribution in [0.25, 0.3) is 0 Å². The Morgan fingerprint density at radius 2 is 2.07 bits per heavy atom. The van der Waals surface area contributed by atoms with Gasteiger partial charge in [0.2, 0.25) is 0 Å². The van der Waals surface area contributed by atoms with Crippen molar-refractivity contribution in [2.24, 2.45) is 5.73 Å². The molecule has 0 aliphatic heterocycles. The van der Waals surface area contributed by atoms with E-state index in [-0.39, 0.29) is 6.04 Å².